The number of aromatic nitrogens is 2. The van der Waals surface area contributed by atoms with Crippen molar-refractivity contribution in [2.45, 2.75) is 12.6 Å². The van der Waals surface area contributed by atoms with Crippen molar-refractivity contribution in [3.63, 3.8) is 0 Å². The summed E-state index contributed by atoms with van der Waals surface area (Å²) in [6.07, 6.45) is 5.57. The van der Waals surface area contributed by atoms with Crippen molar-refractivity contribution in [3.05, 3.63) is 83.9 Å². The predicted octanol–water partition coefficient (Wildman–Crippen LogP) is 2.79. The maximum atomic E-state index is 12.7. The van der Waals surface area contributed by atoms with Crippen LogP contribution in [0.25, 0.3) is 5.69 Å². The summed E-state index contributed by atoms with van der Waals surface area (Å²) in [6.45, 7) is 1.70. The van der Waals surface area contributed by atoms with Gasteiger partial charge in [0.05, 0.1) is 6.04 Å². The highest BCUT2D eigenvalue weighted by Crippen LogP contribution is 2.25. The van der Waals surface area contributed by atoms with Crippen LogP contribution >= 0.6 is 0 Å². The fraction of sp³-hybridized carbons (Fsp3) is 0.200. The van der Waals surface area contributed by atoms with Gasteiger partial charge in [-0.1, -0.05) is 24.3 Å². The second-order valence-corrected chi connectivity index (χ2v) is 6.41. The molecule has 0 radical (unpaired) electrons. The van der Waals surface area contributed by atoms with Gasteiger partial charge in [0.1, 0.15) is 5.69 Å². The quantitative estimate of drug-likeness (QED) is 0.802. The third-order valence-electron chi connectivity index (χ3n) is 4.55. The minimum absolute atomic E-state index is 0.0283. The molecule has 1 unspecified atom stereocenters. The molecule has 1 aliphatic rings. The Morgan fingerprint density at radius 2 is 1.96 bits per heavy atom. The van der Waals surface area contributed by atoms with Gasteiger partial charge in [0.15, 0.2) is 0 Å². The number of nitrogens with one attached hydrogen (secondary N) is 1. The number of amides is 1. The van der Waals surface area contributed by atoms with Crippen molar-refractivity contribution < 1.29 is 4.79 Å². The first-order chi connectivity index (χ1) is 12.2. The van der Waals surface area contributed by atoms with E-state index in [4.69, 9.17) is 0 Å². The van der Waals surface area contributed by atoms with Gasteiger partial charge >= 0.3 is 0 Å². The molecule has 4 rings (SSSR count). The Labute approximate surface area is 146 Å². The van der Waals surface area contributed by atoms with Crippen LogP contribution in [-0.2, 0) is 6.54 Å². The van der Waals surface area contributed by atoms with Crippen molar-refractivity contribution in [2.75, 3.05) is 13.6 Å². The summed E-state index contributed by atoms with van der Waals surface area (Å²) in [4.78, 5) is 19.2. The molecule has 5 heteroatoms. The normalized spacial score (nSPS) is 17.1. The molecule has 2 aromatic heterocycles. The van der Waals surface area contributed by atoms with E-state index >= 15 is 0 Å². The van der Waals surface area contributed by atoms with Crippen LogP contribution in [0.4, 0.5) is 0 Å². The molecule has 0 spiro atoms. The Balaban J connectivity index is 1.58. The van der Waals surface area contributed by atoms with Gasteiger partial charge in [-0.15, -0.1) is 0 Å². The van der Waals surface area contributed by atoms with Gasteiger partial charge in [-0.05, 0) is 42.4 Å². The van der Waals surface area contributed by atoms with Crippen molar-refractivity contribution in [3.8, 4) is 5.69 Å². The third kappa shape index (κ3) is 3.19. The molecule has 0 fully saturated rings. The largest absolute Gasteiger partial charge is 0.343 e. The van der Waals surface area contributed by atoms with E-state index in [9.17, 15) is 4.79 Å². The molecule has 1 aliphatic heterocycles. The second-order valence-electron chi connectivity index (χ2n) is 6.41. The summed E-state index contributed by atoms with van der Waals surface area (Å²) in [5.74, 6) is -0.149. The van der Waals surface area contributed by atoms with E-state index in [0.29, 0.717) is 5.69 Å². The maximum absolute atomic E-state index is 12.7. The van der Waals surface area contributed by atoms with E-state index in [-0.39, 0.29) is 11.9 Å². The summed E-state index contributed by atoms with van der Waals surface area (Å²) >= 11 is 0. The number of hydrogen-bond donors (Lipinski definition) is 1. The summed E-state index contributed by atoms with van der Waals surface area (Å²) in [6, 6.07) is 15.9. The first kappa shape index (κ1) is 15.6. The molecule has 25 heavy (non-hydrogen) atoms. The number of carbonyl (C=O) groups excluding carboxylic acids is 1. The lowest BCUT2D eigenvalue weighted by molar-refractivity contribution is 0.0917. The van der Waals surface area contributed by atoms with Gasteiger partial charge in [-0.3, -0.25) is 14.7 Å². The molecule has 0 saturated carbocycles. The van der Waals surface area contributed by atoms with E-state index in [1.54, 1.807) is 6.20 Å². The van der Waals surface area contributed by atoms with Crippen LogP contribution in [0, 0.1) is 0 Å². The van der Waals surface area contributed by atoms with Crippen LogP contribution in [0.1, 0.15) is 27.7 Å². The Hall–Kier alpha value is -2.92. The molecule has 0 aliphatic carbocycles. The first-order valence-corrected chi connectivity index (χ1v) is 8.37. The Morgan fingerprint density at radius 1 is 1.16 bits per heavy atom. The molecule has 126 valence electrons. The number of benzene rings is 1. The summed E-state index contributed by atoms with van der Waals surface area (Å²) in [5, 5.41) is 3.14. The lowest BCUT2D eigenvalue weighted by Gasteiger charge is -2.32. The average Bonchev–Trinajstić information content (AvgIpc) is 3.16. The third-order valence-corrected chi connectivity index (χ3v) is 4.55. The van der Waals surface area contributed by atoms with Crippen LogP contribution in [0.2, 0.25) is 0 Å². The van der Waals surface area contributed by atoms with Gasteiger partial charge in [0.25, 0.3) is 5.91 Å². The predicted molar refractivity (Wildman–Crippen MR) is 96.5 cm³/mol. The van der Waals surface area contributed by atoms with E-state index in [1.165, 1.54) is 11.1 Å². The Bertz CT molecular complexity index is 888. The SMILES string of the molecule is CN1Cc2ccccc2C(NC(=O)c2cc(-n3cccc3)ccn2)C1. The molecule has 1 atom stereocenters. The lowest BCUT2D eigenvalue weighted by atomic mass is 9.95. The van der Waals surface area contributed by atoms with Crippen LogP contribution < -0.4 is 5.32 Å². The maximum Gasteiger partial charge on any atom is 0.270 e. The number of carbonyl (C=O) groups is 1. The molecule has 0 bridgehead atoms. The Morgan fingerprint density at radius 3 is 2.80 bits per heavy atom. The lowest BCUT2D eigenvalue weighted by Crippen LogP contribution is -2.40. The number of pyridine rings is 1. The van der Waals surface area contributed by atoms with Crippen LogP contribution in [0.5, 0.6) is 0 Å². The fourth-order valence-electron chi connectivity index (χ4n) is 3.35. The van der Waals surface area contributed by atoms with E-state index < -0.39 is 0 Å². The smallest absolute Gasteiger partial charge is 0.270 e. The zero-order chi connectivity index (χ0) is 17.2. The van der Waals surface area contributed by atoms with Gasteiger partial charge in [-0.2, -0.15) is 0 Å². The van der Waals surface area contributed by atoms with Gasteiger partial charge in [0, 0.05) is 37.4 Å². The van der Waals surface area contributed by atoms with Crippen molar-refractivity contribution in [1.29, 1.82) is 0 Å². The van der Waals surface area contributed by atoms with Crippen molar-refractivity contribution in [1.82, 2.24) is 19.8 Å². The highest BCUT2D eigenvalue weighted by atomic mass is 16.1. The summed E-state index contributed by atoms with van der Waals surface area (Å²) in [7, 11) is 2.07. The monoisotopic (exact) mass is 332 g/mol. The molecular formula is C20H20N4O. The molecule has 3 aromatic rings. The fourth-order valence-corrected chi connectivity index (χ4v) is 3.35. The molecule has 0 saturated heterocycles. The van der Waals surface area contributed by atoms with Crippen LogP contribution in [0.15, 0.2) is 67.1 Å². The minimum atomic E-state index is -0.149. The first-order valence-electron chi connectivity index (χ1n) is 8.37. The number of nitrogens with zero attached hydrogens (tertiary/aromatic N) is 3. The standard InChI is InChI=1S/C20H20N4O/c1-23-13-15-6-2-3-7-17(15)19(14-23)22-20(25)18-12-16(8-9-21-18)24-10-4-5-11-24/h2-12,19H,13-14H2,1H3,(H,22,25). The second kappa shape index (κ2) is 6.53. The Kier molecular flexibility index (Phi) is 4.07. The number of rotatable bonds is 3. The van der Waals surface area contributed by atoms with Crippen LogP contribution in [-0.4, -0.2) is 34.0 Å². The summed E-state index contributed by atoms with van der Waals surface area (Å²) in [5.41, 5.74) is 3.80. The van der Waals surface area contributed by atoms with E-state index in [0.717, 1.165) is 18.8 Å². The van der Waals surface area contributed by atoms with E-state index in [2.05, 4.69) is 34.4 Å². The average molecular weight is 332 g/mol. The zero-order valence-corrected chi connectivity index (χ0v) is 14.1. The molecular weight excluding hydrogens is 312 g/mol. The molecule has 1 amide bonds. The van der Waals surface area contributed by atoms with Gasteiger partial charge in [-0.25, -0.2) is 0 Å². The molecule has 1 N–H and O–H groups in total. The van der Waals surface area contributed by atoms with Crippen molar-refractivity contribution in [2.24, 2.45) is 0 Å². The minimum Gasteiger partial charge on any atom is -0.343 e. The molecule has 5 nitrogen and oxygen atoms in total. The van der Waals surface area contributed by atoms with Crippen molar-refractivity contribution >= 4 is 5.91 Å². The van der Waals surface area contributed by atoms with Gasteiger partial charge < -0.3 is 9.88 Å². The summed E-state index contributed by atoms with van der Waals surface area (Å²) < 4.78 is 1.96. The zero-order valence-electron chi connectivity index (χ0n) is 14.1. The highest BCUT2D eigenvalue weighted by Gasteiger charge is 2.25. The van der Waals surface area contributed by atoms with E-state index in [1.807, 2.05) is 53.4 Å². The highest BCUT2D eigenvalue weighted by molar-refractivity contribution is 5.93. The topological polar surface area (TPSA) is 50.2 Å². The number of fused-ring (bicyclic) bond motifs is 1. The number of hydrogen-bond acceptors (Lipinski definition) is 3. The van der Waals surface area contributed by atoms with Gasteiger partial charge in [0.2, 0.25) is 0 Å². The number of likely N-dealkylation sites (N-methyl/N-ethyl adjacent to an activating group) is 1. The molecule has 1 aromatic carbocycles. The molecule has 3 heterocycles. The van der Waals surface area contributed by atoms with Crippen LogP contribution in [0.3, 0.4) is 0 Å².